The Morgan fingerprint density at radius 3 is 2.04 bits per heavy atom. The molecule has 0 saturated carbocycles. The Bertz CT molecular complexity index is 1730. The Morgan fingerprint density at radius 1 is 0.889 bits per heavy atom. The molecule has 0 amide bonds. The smallest absolute Gasteiger partial charge is 0.312 e. The number of hydrogen-bond donors (Lipinski definition) is 0. The topological polar surface area (TPSA) is 108 Å². The second-order valence-electron chi connectivity index (χ2n) is 11.4. The van der Waals surface area contributed by atoms with E-state index in [1.165, 1.54) is 16.4 Å². The van der Waals surface area contributed by atoms with E-state index in [0.29, 0.717) is 16.5 Å². The van der Waals surface area contributed by atoms with Gasteiger partial charge in [-0.2, -0.15) is 4.31 Å². The molecule has 0 heterocycles. The van der Waals surface area contributed by atoms with Crippen molar-refractivity contribution in [2.45, 2.75) is 49.6 Å². The molecule has 0 fully saturated rings. The molecular weight excluding hydrogens is 616 g/mol. The van der Waals surface area contributed by atoms with Crippen molar-refractivity contribution in [2.24, 2.45) is 0 Å². The van der Waals surface area contributed by atoms with Crippen molar-refractivity contribution in [3.63, 3.8) is 0 Å². The third kappa shape index (κ3) is 7.24. The van der Waals surface area contributed by atoms with Crippen LogP contribution in [0.5, 0.6) is 17.2 Å². The van der Waals surface area contributed by atoms with Crippen LogP contribution in [0.1, 0.15) is 42.0 Å². The lowest BCUT2D eigenvalue weighted by atomic mass is 9.72. The van der Waals surface area contributed by atoms with Crippen molar-refractivity contribution in [3.05, 3.63) is 122 Å². The van der Waals surface area contributed by atoms with Crippen LogP contribution in [-0.4, -0.2) is 38.5 Å². The molecular formula is C34H35ClN2O7S. The third-order valence-electron chi connectivity index (χ3n) is 8.24. The van der Waals surface area contributed by atoms with Crippen LogP contribution in [0.3, 0.4) is 0 Å². The Balaban J connectivity index is 1.44. The third-order valence-corrected chi connectivity index (χ3v) is 10.3. The number of nitro benzene ring substituents is 1. The molecule has 5 rings (SSSR count). The number of halogens is 1. The normalized spacial score (nSPS) is 16.2. The first kappa shape index (κ1) is 32.3. The summed E-state index contributed by atoms with van der Waals surface area (Å²) in [6.45, 7) is 2.33. The summed E-state index contributed by atoms with van der Waals surface area (Å²) < 4.78 is 46.0. The van der Waals surface area contributed by atoms with Gasteiger partial charge in [-0.05, 0) is 90.0 Å². The van der Waals surface area contributed by atoms with Crippen molar-refractivity contribution in [1.82, 2.24) is 4.31 Å². The van der Waals surface area contributed by atoms with E-state index >= 15 is 0 Å². The van der Waals surface area contributed by atoms with Gasteiger partial charge in [-0.25, -0.2) is 8.42 Å². The molecule has 11 heteroatoms. The summed E-state index contributed by atoms with van der Waals surface area (Å²) >= 11 is 6.22. The van der Waals surface area contributed by atoms with Crippen molar-refractivity contribution in [2.75, 3.05) is 20.8 Å². The van der Waals surface area contributed by atoms with Crippen molar-refractivity contribution in [3.8, 4) is 17.2 Å². The maximum Gasteiger partial charge on any atom is 0.312 e. The molecule has 4 aromatic rings. The standard InChI is InChI=1S/C34H35ClN2O7S/c1-34(18-4-5-26-19-27(35)10-16-31(26)34)23-44-33-17-15-30(20-32(33)37(38)39)45(40,41)36(21-24-6-11-28(42-2)12-7-24)22-25-8-13-29(43-3)14-9-25/h6-17,19-20H,4-5,18,21-23H2,1-3H3/t34-/m1/s1. The second-order valence-corrected chi connectivity index (χ2v) is 13.7. The Hall–Kier alpha value is -4.12. The van der Waals surface area contributed by atoms with Gasteiger partial charge in [-0.1, -0.05) is 48.9 Å². The average molecular weight is 651 g/mol. The first-order chi connectivity index (χ1) is 21.5. The number of fused-ring (bicyclic) bond motifs is 1. The zero-order valence-electron chi connectivity index (χ0n) is 25.4. The maximum absolute atomic E-state index is 14.1. The molecule has 45 heavy (non-hydrogen) atoms. The van der Waals surface area contributed by atoms with Crippen LogP contribution in [0.4, 0.5) is 5.69 Å². The average Bonchev–Trinajstić information content (AvgIpc) is 3.04. The van der Waals surface area contributed by atoms with Gasteiger partial charge in [0.15, 0.2) is 5.75 Å². The molecule has 1 aliphatic carbocycles. The lowest BCUT2D eigenvalue weighted by Gasteiger charge is -2.35. The number of rotatable bonds is 12. The summed E-state index contributed by atoms with van der Waals surface area (Å²) in [4.78, 5) is 11.4. The fourth-order valence-corrected chi connectivity index (χ4v) is 7.35. The predicted octanol–water partition coefficient (Wildman–Crippen LogP) is 7.33. The molecule has 0 aliphatic heterocycles. The number of ether oxygens (including phenoxy) is 3. The largest absolute Gasteiger partial charge is 0.497 e. The monoisotopic (exact) mass is 650 g/mol. The molecule has 0 N–H and O–H groups in total. The molecule has 236 valence electrons. The fraction of sp³-hybridized carbons (Fsp3) is 0.294. The highest BCUT2D eigenvalue weighted by Crippen LogP contribution is 2.40. The lowest BCUT2D eigenvalue weighted by molar-refractivity contribution is -0.386. The minimum atomic E-state index is -4.19. The predicted molar refractivity (Wildman–Crippen MR) is 173 cm³/mol. The summed E-state index contributed by atoms with van der Waals surface area (Å²) in [5, 5.41) is 12.9. The van der Waals surface area contributed by atoms with Crippen LogP contribution in [-0.2, 0) is 34.9 Å². The number of sulfonamides is 1. The van der Waals surface area contributed by atoms with Crippen LogP contribution in [0.15, 0.2) is 89.8 Å². The molecule has 0 unspecified atom stereocenters. The van der Waals surface area contributed by atoms with Crippen LogP contribution in [0.2, 0.25) is 5.02 Å². The highest BCUT2D eigenvalue weighted by Gasteiger charge is 2.34. The fourth-order valence-electron chi connectivity index (χ4n) is 5.72. The van der Waals surface area contributed by atoms with Gasteiger partial charge < -0.3 is 14.2 Å². The molecule has 0 spiro atoms. The van der Waals surface area contributed by atoms with E-state index in [-0.39, 0.29) is 35.8 Å². The van der Waals surface area contributed by atoms with Gasteiger partial charge in [0.2, 0.25) is 10.0 Å². The van der Waals surface area contributed by atoms with Gasteiger partial charge >= 0.3 is 5.69 Å². The van der Waals surface area contributed by atoms with E-state index in [9.17, 15) is 18.5 Å². The first-order valence-electron chi connectivity index (χ1n) is 14.5. The van der Waals surface area contributed by atoms with Gasteiger partial charge in [0, 0.05) is 29.6 Å². The summed E-state index contributed by atoms with van der Waals surface area (Å²) in [6.07, 6.45) is 2.68. The van der Waals surface area contributed by atoms with Crippen molar-refractivity contribution in [1.29, 1.82) is 0 Å². The zero-order valence-corrected chi connectivity index (χ0v) is 26.9. The minimum Gasteiger partial charge on any atom is -0.497 e. The molecule has 9 nitrogen and oxygen atoms in total. The van der Waals surface area contributed by atoms with Gasteiger partial charge in [-0.15, -0.1) is 0 Å². The Kier molecular flexibility index (Phi) is 9.67. The number of hydrogen-bond acceptors (Lipinski definition) is 7. The first-order valence-corrected chi connectivity index (χ1v) is 16.3. The number of benzene rings is 4. The molecule has 0 aromatic heterocycles. The molecule has 4 aromatic carbocycles. The highest BCUT2D eigenvalue weighted by atomic mass is 35.5. The van der Waals surface area contributed by atoms with Gasteiger partial charge in [0.05, 0.1) is 30.6 Å². The molecule has 1 aliphatic rings. The van der Waals surface area contributed by atoms with Gasteiger partial charge in [0.25, 0.3) is 0 Å². The molecule has 0 radical (unpaired) electrons. The SMILES string of the molecule is COc1ccc(CN(Cc2ccc(OC)cc2)S(=O)(=O)c2ccc(OC[C@@]3(C)CCCc4cc(Cl)ccc43)c([N+](=O)[O-])c2)cc1. The van der Waals surface area contributed by atoms with Crippen LogP contribution in [0.25, 0.3) is 0 Å². The van der Waals surface area contributed by atoms with E-state index in [4.69, 9.17) is 25.8 Å². The van der Waals surface area contributed by atoms with Crippen molar-refractivity contribution < 1.29 is 27.6 Å². The van der Waals surface area contributed by atoms with Crippen LogP contribution >= 0.6 is 11.6 Å². The Morgan fingerprint density at radius 2 is 1.49 bits per heavy atom. The summed E-state index contributed by atoms with van der Waals surface area (Å²) in [5.41, 5.74) is 2.90. The van der Waals surface area contributed by atoms with Crippen molar-refractivity contribution >= 4 is 27.3 Å². The summed E-state index contributed by atoms with van der Waals surface area (Å²) in [5.74, 6) is 1.30. The zero-order chi connectivity index (χ0) is 32.2. The summed E-state index contributed by atoms with van der Waals surface area (Å²) in [6, 6.07) is 23.8. The van der Waals surface area contributed by atoms with E-state index in [0.717, 1.165) is 47.6 Å². The number of nitro groups is 1. The van der Waals surface area contributed by atoms with Crippen LogP contribution in [0, 0.1) is 10.1 Å². The molecule has 0 bridgehead atoms. The maximum atomic E-state index is 14.1. The van der Waals surface area contributed by atoms with Gasteiger partial charge in [0.1, 0.15) is 11.5 Å². The summed E-state index contributed by atoms with van der Waals surface area (Å²) in [7, 11) is -1.08. The number of nitrogens with zero attached hydrogens (tertiary/aromatic N) is 2. The van der Waals surface area contributed by atoms with E-state index < -0.39 is 20.6 Å². The number of methoxy groups -OCH3 is 2. The Labute approximate surface area is 268 Å². The van der Waals surface area contributed by atoms with E-state index in [1.807, 2.05) is 18.2 Å². The lowest BCUT2D eigenvalue weighted by Crippen LogP contribution is -2.34. The molecule has 0 saturated heterocycles. The van der Waals surface area contributed by atoms with Crippen LogP contribution < -0.4 is 14.2 Å². The van der Waals surface area contributed by atoms with E-state index in [1.54, 1.807) is 62.8 Å². The highest BCUT2D eigenvalue weighted by molar-refractivity contribution is 7.89. The van der Waals surface area contributed by atoms with E-state index in [2.05, 4.69) is 6.92 Å². The minimum absolute atomic E-state index is 0.0121. The molecule has 1 atom stereocenters. The quantitative estimate of drug-likeness (QED) is 0.117. The number of aryl methyl sites for hydroxylation is 1. The van der Waals surface area contributed by atoms with Gasteiger partial charge in [-0.3, -0.25) is 10.1 Å². The second kappa shape index (κ2) is 13.5.